The van der Waals surface area contributed by atoms with Gasteiger partial charge in [-0.05, 0) is 43.0 Å². The summed E-state index contributed by atoms with van der Waals surface area (Å²) in [6, 6.07) is 5.28. The van der Waals surface area contributed by atoms with Crippen LogP contribution in [0.2, 0.25) is 0 Å². The first-order valence-electron chi connectivity index (χ1n) is 12.0. The molecule has 9 heteroatoms. The van der Waals surface area contributed by atoms with Gasteiger partial charge in [0.15, 0.2) is 0 Å². The Labute approximate surface area is 193 Å². The number of hydrogen-bond acceptors (Lipinski definition) is 6. The number of amides is 4. The first-order valence-corrected chi connectivity index (χ1v) is 12.0. The van der Waals surface area contributed by atoms with E-state index in [0.29, 0.717) is 18.5 Å². The van der Waals surface area contributed by atoms with Crippen molar-refractivity contribution in [2.45, 2.75) is 57.3 Å². The van der Waals surface area contributed by atoms with Crippen molar-refractivity contribution < 1.29 is 19.2 Å². The highest BCUT2D eigenvalue weighted by atomic mass is 16.2. The van der Waals surface area contributed by atoms with Gasteiger partial charge in [0.05, 0.1) is 6.04 Å². The van der Waals surface area contributed by atoms with Crippen LogP contribution in [0.5, 0.6) is 0 Å². The number of benzene rings is 1. The molecule has 3 saturated heterocycles. The first-order chi connectivity index (χ1) is 16.0. The molecule has 0 saturated carbocycles. The number of carbonyl (C=O) groups excluding carboxylic acids is 4. The van der Waals surface area contributed by atoms with E-state index in [2.05, 4.69) is 21.6 Å². The second-order valence-electron chi connectivity index (χ2n) is 9.50. The topological polar surface area (TPSA) is 102 Å². The molecular formula is C24H31N5O4. The van der Waals surface area contributed by atoms with Crippen molar-refractivity contribution in [3.8, 4) is 0 Å². The lowest BCUT2D eigenvalue weighted by molar-refractivity contribution is -0.137. The van der Waals surface area contributed by atoms with Crippen molar-refractivity contribution in [1.82, 2.24) is 25.3 Å². The molecule has 4 heterocycles. The molecule has 1 aromatic carbocycles. The average molecular weight is 454 g/mol. The normalized spacial score (nSPS) is 26.4. The summed E-state index contributed by atoms with van der Waals surface area (Å²) in [6.07, 6.45) is 3.83. The molecule has 9 nitrogen and oxygen atoms in total. The zero-order valence-electron chi connectivity index (χ0n) is 18.8. The van der Waals surface area contributed by atoms with Gasteiger partial charge in [-0.2, -0.15) is 0 Å². The number of nitrogens with one attached hydrogen (secondary N) is 2. The number of hydrogen-bond donors (Lipinski definition) is 2. The summed E-state index contributed by atoms with van der Waals surface area (Å²) in [6.45, 7) is 5.23. The summed E-state index contributed by atoms with van der Waals surface area (Å²) < 4.78 is 0. The molecule has 33 heavy (non-hydrogen) atoms. The highest BCUT2D eigenvalue weighted by Gasteiger charge is 2.39. The largest absolute Gasteiger partial charge is 0.339 e. The number of piperidine rings is 2. The van der Waals surface area contributed by atoms with Crippen molar-refractivity contribution >= 4 is 23.6 Å². The SMILES string of the molecule is O=C1CCC(N2Cc3cc(CN4CCN(C(=O)[C@H]5CCCCN5)CC4)ccc3C2=O)C(=O)N1. The van der Waals surface area contributed by atoms with Gasteiger partial charge in [0, 0.05) is 51.3 Å². The molecule has 5 rings (SSSR count). The van der Waals surface area contributed by atoms with Crippen molar-refractivity contribution in [2.24, 2.45) is 0 Å². The van der Waals surface area contributed by atoms with Gasteiger partial charge >= 0.3 is 0 Å². The zero-order chi connectivity index (χ0) is 22.9. The average Bonchev–Trinajstić information content (AvgIpc) is 3.15. The van der Waals surface area contributed by atoms with E-state index in [0.717, 1.165) is 69.7 Å². The minimum Gasteiger partial charge on any atom is -0.339 e. The van der Waals surface area contributed by atoms with Crippen LogP contribution in [0.3, 0.4) is 0 Å². The van der Waals surface area contributed by atoms with Gasteiger partial charge in [-0.25, -0.2) is 0 Å². The summed E-state index contributed by atoms with van der Waals surface area (Å²) in [4.78, 5) is 55.2. The Hall–Kier alpha value is -2.78. The van der Waals surface area contributed by atoms with Crippen LogP contribution in [0.15, 0.2) is 18.2 Å². The van der Waals surface area contributed by atoms with Gasteiger partial charge in [0.1, 0.15) is 6.04 Å². The monoisotopic (exact) mass is 453 g/mol. The van der Waals surface area contributed by atoms with Gasteiger partial charge < -0.3 is 15.1 Å². The lowest BCUT2D eigenvalue weighted by Gasteiger charge is -2.37. The third-order valence-corrected chi connectivity index (χ3v) is 7.29. The van der Waals surface area contributed by atoms with Crippen LogP contribution in [-0.4, -0.2) is 83.1 Å². The van der Waals surface area contributed by atoms with Crippen LogP contribution < -0.4 is 10.6 Å². The van der Waals surface area contributed by atoms with Crippen molar-refractivity contribution in [2.75, 3.05) is 32.7 Å². The Balaban J connectivity index is 1.17. The van der Waals surface area contributed by atoms with Gasteiger partial charge in [0.25, 0.3) is 5.91 Å². The molecule has 2 N–H and O–H groups in total. The van der Waals surface area contributed by atoms with Crippen molar-refractivity contribution in [3.05, 3.63) is 34.9 Å². The highest BCUT2D eigenvalue weighted by molar-refractivity contribution is 6.05. The van der Waals surface area contributed by atoms with Gasteiger partial charge in [-0.15, -0.1) is 0 Å². The first kappa shape index (κ1) is 22.0. The van der Waals surface area contributed by atoms with Crippen molar-refractivity contribution in [1.29, 1.82) is 0 Å². The van der Waals surface area contributed by atoms with E-state index in [-0.39, 0.29) is 36.1 Å². The second-order valence-corrected chi connectivity index (χ2v) is 9.50. The van der Waals surface area contributed by atoms with E-state index >= 15 is 0 Å². The molecule has 4 aliphatic heterocycles. The number of fused-ring (bicyclic) bond motifs is 1. The maximum absolute atomic E-state index is 12.9. The summed E-state index contributed by atoms with van der Waals surface area (Å²) >= 11 is 0. The van der Waals surface area contributed by atoms with Crippen LogP contribution in [0.4, 0.5) is 0 Å². The van der Waals surface area contributed by atoms with Crippen molar-refractivity contribution in [3.63, 3.8) is 0 Å². The molecule has 1 unspecified atom stereocenters. The molecular weight excluding hydrogens is 422 g/mol. The van der Waals surface area contributed by atoms with E-state index in [9.17, 15) is 19.2 Å². The fourth-order valence-corrected chi connectivity index (χ4v) is 5.39. The van der Waals surface area contributed by atoms with Crippen LogP contribution in [0, 0.1) is 0 Å². The van der Waals surface area contributed by atoms with Gasteiger partial charge in [-0.1, -0.05) is 18.6 Å². The van der Waals surface area contributed by atoms with Gasteiger partial charge in [-0.3, -0.25) is 29.4 Å². The number of nitrogens with zero attached hydrogens (tertiary/aromatic N) is 3. The molecule has 4 amide bonds. The van der Waals surface area contributed by atoms with E-state index in [1.807, 2.05) is 17.0 Å². The van der Waals surface area contributed by atoms with E-state index < -0.39 is 6.04 Å². The number of rotatable bonds is 4. The van der Waals surface area contributed by atoms with Crippen LogP contribution >= 0.6 is 0 Å². The maximum atomic E-state index is 12.9. The predicted octanol–water partition coefficient (Wildman–Crippen LogP) is 0.234. The Bertz CT molecular complexity index is 966. The lowest BCUT2D eigenvalue weighted by Crippen LogP contribution is -2.54. The molecule has 0 bridgehead atoms. The molecule has 3 fully saturated rings. The fourth-order valence-electron chi connectivity index (χ4n) is 5.39. The van der Waals surface area contributed by atoms with Gasteiger partial charge in [0.2, 0.25) is 17.7 Å². The Kier molecular flexibility index (Phi) is 6.16. The summed E-state index contributed by atoms with van der Waals surface area (Å²) in [5.41, 5.74) is 2.69. The highest BCUT2D eigenvalue weighted by Crippen LogP contribution is 2.28. The standard InChI is InChI=1S/C24H31N5O4/c30-21-7-6-20(22(31)26-21)29-15-17-13-16(4-5-18(17)23(29)32)14-27-9-11-28(12-10-27)24(33)19-3-1-2-8-25-19/h4-5,13,19-20,25H,1-3,6-12,14-15H2,(H,26,30,31)/t19-,20?/m1/s1. The third kappa shape index (κ3) is 4.52. The molecule has 0 aliphatic carbocycles. The Morgan fingerprint density at radius 1 is 1.03 bits per heavy atom. The minimum atomic E-state index is -0.588. The number of imide groups is 1. The quantitative estimate of drug-likeness (QED) is 0.633. The minimum absolute atomic E-state index is 0.0214. The zero-order valence-corrected chi connectivity index (χ0v) is 18.8. The molecule has 0 aromatic heterocycles. The smallest absolute Gasteiger partial charge is 0.255 e. The van der Waals surface area contributed by atoms with Crippen LogP contribution in [0.1, 0.15) is 53.6 Å². The molecule has 4 aliphatic rings. The molecule has 0 radical (unpaired) electrons. The lowest BCUT2D eigenvalue weighted by atomic mass is 10.0. The number of carbonyl (C=O) groups is 4. The molecule has 0 spiro atoms. The van der Waals surface area contributed by atoms with E-state index in [1.54, 1.807) is 4.90 Å². The second kappa shape index (κ2) is 9.23. The maximum Gasteiger partial charge on any atom is 0.255 e. The summed E-state index contributed by atoms with van der Waals surface area (Å²) in [5.74, 6) is -0.573. The molecule has 176 valence electrons. The molecule has 1 aromatic rings. The Morgan fingerprint density at radius 3 is 2.58 bits per heavy atom. The van der Waals surface area contributed by atoms with Crippen LogP contribution in [0.25, 0.3) is 0 Å². The van der Waals surface area contributed by atoms with E-state index in [1.165, 1.54) is 0 Å². The fraction of sp³-hybridized carbons (Fsp3) is 0.583. The van der Waals surface area contributed by atoms with Crippen LogP contribution in [-0.2, 0) is 27.5 Å². The third-order valence-electron chi connectivity index (χ3n) is 7.29. The predicted molar refractivity (Wildman–Crippen MR) is 120 cm³/mol. The summed E-state index contributed by atoms with van der Waals surface area (Å²) in [5, 5.41) is 5.69. The Morgan fingerprint density at radius 2 is 1.85 bits per heavy atom. The molecule has 2 atom stereocenters. The summed E-state index contributed by atoms with van der Waals surface area (Å²) in [7, 11) is 0. The van der Waals surface area contributed by atoms with E-state index in [4.69, 9.17) is 0 Å². The number of piperazine rings is 1.